The van der Waals surface area contributed by atoms with E-state index in [9.17, 15) is 4.79 Å². The highest BCUT2D eigenvalue weighted by atomic mass is 35.5. The predicted octanol–water partition coefficient (Wildman–Crippen LogP) is 6.31. The van der Waals surface area contributed by atoms with Crippen LogP contribution in [0.5, 0.6) is 0 Å². The summed E-state index contributed by atoms with van der Waals surface area (Å²) in [6.07, 6.45) is 0.572. The Kier molecular flexibility index (Phi) is 5.48. The summed E-state index contributed by atoms with van der Waals surface area (Å²) in [4.78, 5) is 19.0. The molecule has 1 spiro atoms. The number of benzene rings is 3. The molecule has 3 aromatic rings. The number of fused-ring (bicyclic) bond motifs is 4. The number of amides is 1. The standard InChI is InChI=1S/C27H23Cl3N4O/c1-17-27(26(35)34(31-17)22-9-7-19(28)8-10-22)15-18-5-6-21(30)14-24(18)33-12-11-32(16-25(27)33)23-4-2-3-20(29)13-23/h2-10,13-14,25H,11-12,15-16H2,1H3/t25-,27+/m0/s1. The highest BCUT2D eigenvalue weighted by Crippen LogP contribution is 2.49. The lowest BCUT2D eigenvalue weighted by molar-refractivity contribution is -0.125. The summed E-state index contributed by atoms with van der Waals surface area (Å²) >= 11 is 18.8. The van der Waals surface area contributed by atoms with Gasteiger partial charge in [0.1, 0.15) is 5.41 Å². The molecule has 0 aliphatic carbocycles. The molecule has 2 atom stereocenters. The van der Waals surface area contributed by atoms with E-state index in [-0.39, 0.29) is 11.9 Å². The van der Waals surface area contributed by atoms with Gasteiger partial charge in [-0.2, -0.15) is 10.1 Å². The largest absolute Gasteiger partial charge is 0.368 e. The van der Waals surface area contributed by atoms with Gasteiger partial charge in [-0.05, 0) is 73.5 Å². The Morgan fingerprint density at radius 2 is 1.63 bits per heavy atom. The van der Waals surface area contributed by atoms with E-state index in [1.807, 2.05) is 55.5 Å². The summed E-state index contributed by atoms with van der Waals surface area (Å²) in [7, 11) is 0. The summed E-state index contributed by atoms with van der Waals surface area (Å²) in [6.45, 7) is 4.21. The van der Waals surface area contributed by atoms with Crippen molar-refractivity contribution < 1.29 is 4.79 Å². The van der Waals surface area contributed by atoms with Gasteiger partial charge in [0.2, 0.25) is 0 Å². The van der Waals surface area contributed by atoms with E-state index in [0.717, 1.165) is 35.7 Å². The third-order valence-electron chi connectivity index (χ3n) is 7.49. The van der Waals surface area contributed by atoms with E-state index in [1.54, 1.807) is 17.1 Å². The summed E-state index contributed by atoms with van der Waals surface area (Å²) in [5.74, 6) is -0.0131. The maximum atomic E-state index is 14.3. The molecule has 0 aromatic heterocycles. The second-order valence-corrected chi connectivity index (χ2v) is 10.6. The first-order chi connectivity index (χ1) is 16.9. The Morgan fingerprint density at radius 1 is 0.886 bits per heavy atom. The summed E-state index contributed by atoms with van der Waals surface area (Å²) in [5.41, 5.74) is 4.01. The minimum Gasteiger partial charge on any atom is -0.368 e. The van der Waals surface area contributed by atoms with Crippen molar-refractivity contribution in [1.29, 1.82) is 0 Å². The maximum absolute atomic E-state index is 14.3. The van der Waals surface area contributed by atoms with Crippen molar-refractivity contribution in [2.24, 2.45) is 10.5 Å². The van der Waals surface area contributed by atoms with E-state index < -0.39 is 5.41 Å². The van der Waals surface area contributed by atoms with Crippen molar-refractivity contribution in [3.8, 4) is 0 Å². The van der Waals surface area contributed by atoms with E-state index in [4.69, 9.17) is 39.9 Å². The van der Waals surface area contributed by atoms with Crippen molar-refractivity contribution in [2.45, 2.75) is 19.4 Å². The fourth-order valence-electron chi connectivity index (χ4n) is 5.75. The fraction of sp³-hybridized carbons (Fsp3) is 0.259. The second-order valence-electron chi connectivity index (χ2n) is 9.34. The Labute approximate surface area is 219 Å². The molecule has 0 radical (unpaired) electrons. The zero-order valence-corrected chi connectivity index (χ0v) is 21.4. The number of carbonyl (C=O) groups excluding carboxylic acids is 1. The zero-order chi connectivity index (χ0) is 24.3. The third kappa shape index (κ3) is 3.60. The topological polar surface area (TPSA) is 39.2 Å². The molecule has 1 saturated heterocycles. The number of hydrogen-bond acceptors (Lipinski definition) is 4. The van der Waals surface area contributed by atoms with E-state index in [2.05, 4.69) is 15.9 Å². The lowest BCUT2D eigenvalue weighted by atomic mass is 9.67. The summed E-state index contributed by atoms with van der Waals surface area (Å²) in [6, 6.07) is 21.0. The number of rotatable bonds is 2. The lowest BCUT2D eigenvalue weighted by Gasteiger charge is -2.53. The van der Waals surface area contributed by atoms with E-state index in [0.29, 0.717) is 33.7 Å². The van der Waals surface area contributed by atoms with Crippen molar-refractivity contribution in [1.82, 2.24) is 0 Å². The number of nitrogens with zero attached hydrogens (tertiary/aromatic N) is 4. The van der Waals surface area contributed by atoms with Gasteiger partial charge in [-0.25, -0.2) is 0 Å². The van der Waals surface area contributed by atoms with Crippen LogP contribution in [0.3, 0.4) is 0 Å². The van der Waals surface area contributed by atoms with Crippen molar-refractivity contribution in [3.05, 3.63) is 87.4 Å². The molecule has 0 bridgehead atoms. The number of anilines is 3. The van der Waals surface area contributed by atoms with Gasteiger partial charge in [0, 0.05) is 46.1 Å². The predicted molar refractivity (Wildman–Crippen MR) is 144 cm³/mol. The molecule has 3 aliphatic heterocycles. The average molecular weight is 526 g/mol. The number of hydrazone groups is 1. The first-order valence-corrected chi connectivity index (χ1v) is 12.7. The smallest absolute Gasteiger partial charge is 0.261 e. The molecule has 0 N–H and O–H groups in total. The van der Waals surface area contributed by atoms with Gasteiger partial charge in [-0.1, -0.05) is 46.9 Å². The van der Waals surface area contributed by atoms with Crippen molar-refractivity contribution in [2.75, 3.05) is 34.4 Å². The Balaban J connectivity index is 1.45. The number of carbonyl (C=O) groups is 1. The van der Waals surface area contributed by atoms with Crippen LogP contribution < -0.4 is 14.8 Å². The van der Waals surface area contributed by atoms with Crippen LogP contribution in [0.4, 0.5) is 17.1 Å². The zero-order valence-electron chi connectivity index (χ0n) is 19.1. The Morgan fingerprint density at radius 3 is 2.40 bits per heavy atom. The molecule has 0 saturated carbocycles. The molecule has 3 aliphatic rings. The van der Waals surface area contributed by atoms with Crippen LogP contribution >= 0.6 is 34.8 Å². The van der Waals surface area contributed by atoms with Crippen LogP contribution in [-0.4, -0.2) is 37.3 Å². The molecular formula is C27H23Cl3N4O. The summed E-state index contributed by atoms with van der Waals surface area (Å²) in [5, 5.41) is 8.36. The summed E-state index contributed by atoms with van der Waals surface area (Å²) < 4.78 is 0. The Hall–Kier alpha value is -2.73. The van der Waals surface area contributed by atoms with E-state index in [1.165, 1.54) is 0 Å². The van der Waals surface area contributed by atoms with Crippen molar-refractivity contribution in [3.63, 3.8) is 0 Å². The molecule has 3 heterocycles. The van der Waals surface area contributed by atoms with Crippen LogP contribution in [0.25, 0.3) is 0 Å². The molecule has 178 valence electrons. The molecule has 1 amide bonds. The molecule has 1 fully saturated rings. The molecular weight excluding hydrogens is 503 g/mol. The van der Waals surface area contributed by atoms with Crippen LogP contribution in [-0.2, 0) is 11.2 Å². The van der Waals surface area contributed by atoms with Gasteiger partial charge < -0.3 is 9.80 Å². The first kappa shape index (κ1) is 22.7. The monoisotopic (exact) mass is 524 g/mol. The van der Waals surface area contributed by atoms with Crippen LogP contribution in [0.15, 0.2) is 71.8 Å². The SMILES string of the molecule is CC1=NN(c2ccc(Cl)cc2)C(=O)[C@]12Cc1ccc(Cl)cc1N1CCN(c3cccc(Cl)c3)C[C@H]12. The second kappa shape index (κ2) is 8.44. The van der Waals surface area contributed by atoms with Gasteiger partial charge in [0.15, 0.2) is 0 Å². The number of piperazine rings is 1. The maximum Gasteiger partial charge on any atom is 0.261 e. The number of halogens is 3. The van der Waals surface area contributed by atoms with Gasteiger partial charge in [-0.15, -0.1) is 0 Å². The molecule has 5 nitrogen and oxygen atoms in total. The minimum atomic E-state index is -0.794. The quantitative estimate of drug-likeness (QED) is 0.394. The average Bonchev–Trinajstić information content (AvgIpc) is 3.10. The number of hydrogen-bond donors (Lipinski definition) is 0. The molecule has 3 aromatic carbocycles. The highest BCUT2D eigenvalue weighted by Gasteiger charge is 2.60. The highest BCUT2D eigenvalue weighted by molar-refractivity contribution is 6.31. The minimum absolute atomic E-state index is 0.0131. The molecule has 0 unspecified atom stereocenters. The van der Waals surface area contributed by atoms with Gasteiger partial charge >= 0.3 is 0 Å². The van der Waals surface area contributed by atoms with Crippen LogP contribution in [0.2, 0.25) is 15.1 Å². The molecule has 6 rings (SSSR count). The first-order valence-electron chi connectivity index (χ1n) is 11.6. The fourth-order valence-corrected chi connectivity index (χ4v) is 6.22. The lowest BCUT2D eigenvalue weighted by Crippen LogP contribution is -2.67. The Bertz CT molecular complexity index is 1360. The van der Waals surface area contributed by atoms with Crippen molar-refractivity contribution >= 4 is 63.5 Å². The van der Waals surface area contributed by atoms with Crippen LogP contribution in [0, 0.1) is 5.41 Å². The molecule has 35 heavy (non-hydrogen) atoms. The van der Waals surface area contributed by atoms with Crippen LogP contribution in [0.1, 0.15) is 12.5 Å². The van der Waals surface area contributed by atoms with Gasteiger partial charge in [0.05, 0.1) is 17.4 Å². The molecule has 8 heteroatoms. The van der Waals surface area contributed by atoms with E-state index >= 15 is 0 Å². The third-order valence-corrected chi connectivity index (χ3v) is 8.21. The normalized spacial score (nSPS) is 23.4. The van der Waals surface area contributed by atoms with Gasteiger partial charge in [-0.3, -0.25) is 4.79 Å². The van der Waals surface area contributed by atoms with Gasteiger partial charge in [0.25, 0.3) is 5.91 Å².